The number of ether oxygens (including phenoxy) is 1. The molecule has 2 atom stereocenters. The molecule has 2 aliphatic heterocycles. The predicted octanol–water partition coefficient (Wildman–Crippen LogP) is -1.62. The van der Waals surface area contributed by atoms with Gasteiger partial charge in [-0.2, -0.15) is 0 Å². The van der Waals surface area contributed by atoms with E-state index >= 15 is 0 Å². The van der Waals surface area contributed by atoms with Gasteiger partial charge >= 0.3 is 35.5 Å². The maximum atomic E-state index is 13.2. The number of nitrogens with zero attached hydrogens (tertiary/aromatic N) is 3. The van der Waals surface area contributed by atoms with Crippen LogP contribution in [0, 0.1) is 0 Å². The van der Waals surface area contributed by atoms with Gasteiger partial charge in [0.1, 0.15) is 17.1 Å². The quantitative estimate of drug-likeness (QED) is 0.0854. The molecule has 3 heterocycles. The van der Waals surface area contributed by atoms with E-state index in [0.29, 0.717) is 0 Å². The number of carboxylic acid groups (broad SMARTS) is 1. The van der Waals surface area contributed by atoms with Crippen molar-refractivity contribution < 1.29 is 63.4 Å². The molecule has 1 saturated heterocycles. The number of amides is 2. The second-order valence-corrected chi connectivity index (χ2v) is 11.3. The molecule has 12 nitrogen and oxygen atoms in total. The molecule has 0 spiro atoms. The molecule has 0 aliphatic carbocycles. The molecule has 2 amide bonds. The molecule has 43 heavy (non-hydrogen) atoms. The zero-order valence-electron chi connectivity index (χ0n) is 22.5. The molecule has 0 saturated carbocycles. The number of esters is 1. The molecule has 1 aromatic heterocycles. The van der Waals surface area contributed by atoms with Gasteiger partial charge < -0.3 is 30.5 Å². The maximum Gasteiger partial charge on any atom is 1.00 e. The molecule has 0 bridgehead atoms. The second kappa shape index (κ2) is 14.4. The number of benzene rings is 2. The van der Waals surface area contributed by atoms with Gasteiger partial charge in [-0.25, -0.2) is 9.78 Å². The molecule has 2 aliphatic rings. The van der Waals surface area contributed by atoms with Crippen molar-refractivity contribution >= 4 is 69.3 Å². The molecule has 0 radical (unpaired) electrons. The number of oxime groups is 1. The van der Waals surface area contributed by atoms with Crippen LogP contribution < -0.4 is 45.7 Å². The van der Waals surface area contributed by atoms with Crippen LogP contribution in [-0.2, 0) is 28.8 Å². The van der Waals surface area contributed by atoms with E-state index in [2.05, 4.69) is 15.5 Å². The number of fused-ring (bicyclic) bond motifs is 1. The van der Waals surface area contributed by atoms with E-state index in [1.807, 2.05) is 60.7 Å². The number of halogens is 1. The first-order chi connectivity index (χ1) is 20.2. The summed E-state index contributed by atoms with van der Waals surface area (Å²) in [6, 6.07) is 17.2. The van der Waals surface area contributed by atoms with Crippen LogP contribution in [0.2, 0.25) is 0 Å². The zero-order valence-corrected chi connectivity index (χ0v) is 26.9. The van der Waals surface area contributed by atoms with Crippen molar-refractivity contribution in [3.8, 4) is 0 Å². The van der Waals surface area contributed by atoms with E-state index in [1.165, 1.54) is 17.1 Å². The van der Waals surface area contributed by atoms with E-state index in [-0.39, 0.29) is 56.9 Å². The number of thiazole rings is 1. The van der Waals surface area contributed by atoms with Crippen LogP contribution >= 0.6 is 34.7 Å². The predicted molar refractivity (Wildman–Crippen MR) is 153 cm³/mol. The summed E-state index contributed by atoms with van der Waals surface area (Å²) < 4.78 is 5.69. The molecular weight excluding hydrogens is 629 g/mol. The number of carboxylic acids is 1. The van der Waals surface area contributed by atoms with Gasteiger partial charge in [-0.15, -0.1) is 23.1 Å². The van der Waals surface area contributed by atoms with E-state index in [0.717, 1.165) is 27.4 Å². The van der Waals surface area contributed by atoms with Crippen molar-refractivity contribution in [3.05, 3.63) is 93.6 Å². The minimum atomic E-state index is -1.59. The van der Waals surface area contributed by atoms with Crippen molar-refractivity contribution in [1.82, 2.24) is 15.2 Å². The summed E-state index contributed by atoms with van der Waals surface area (Å²) >= 11 is 8.19. The summed E-state index contributed by atoms with van der Waals surface area (Å²) in [5, 5.41) is 18.7. The SMILES string of the molecule is Nc1nc(C(=NOCC(=O)OC(c2ccccc2)c2ccccc2)C(=O)NC2C(=O)N3C(C(=O)[O-])=C(Cl)CS[C@@H]23)cs1.[Na+]. The maximum absolute atomic E-state index is 13.2. The fraction of sp³-hybridized carbons (Fsp3) is 0.185. The van der Waals surface area contributed by atoms with Crippen molar-refractivity contribution in [2.75, 3.05) is 18.1 Å². The molecule has 1 unspecified atom stereocenters. The third kappa shape index (κ3) is 7.22. The van der Waals surface area contributed by atoms with E-state index in [4.69, 9.17) is 26.9 Å². The van der Waals surface area contributed by atoms with Gasteiger partial charge in [-0.3, -0.25) is 14.5 Å². The normalized spacial score (nSPS) is 17.9. The Hall–Kier alpha value is -3.40. The summed E-state index contributed by atoms with van der Waals surface area (Å²) in [6.45, 7) is -0.639. The van der Waals surface area contributed by atoms with Gasteiger partial charge in [0, 0.05) is 11.1 Å². The second-order valence-electron chi connectivity index (χ2n) is 8.88. The van der Waals surface area contributed by atoms with Crippen LogP contribution in [0.15, 0.2) is 81.9 Å². The Bertz CT molecular complexity index is 1550. The van der Waals surface area contributed by atoms with Crippen LogP contribution in [0.1, 0.15) is 22.9 Å². The van der Waals surface area contributed by atoms with Gasteiger partial charge in [-0.05, 0) is 11.1 Å². The molecule has 2 aromatic carbocycles. The van der Waals surface area contributed by atoms with Gasteiger partial charge in [0.2, 0.25) is 6.61 Å². The number of carbonyl (C=O) groups excluding carboxylic acids is 4. The number of nitrogen functional groups attached to an aromatic ring is 1. The molecule has 3 N–H and O–H groups in total. The number of nitrogens with two attached hydrogens (primary N) is 1. The number of aliphatic carboxylic acids is 1. The minimum absolute atomic E-state index is 0. The number of β-lactam (4-membered cyclic amide) rings is 1. The number of nitrogens with one attached hydrogen (secondary N) is 1. The Morgan fingerprint density at radius 3 is 2.33 bits per heavy atom. The molecule has 3 aromatic rings. The summed E-state index contributed by atoms with van der Waals surface area (Å²) in [6.07, 6.45) is -0.706. The molecule has 5 rings (SSSR count). The minimum Gasteiger partial charge on any atom is -0.543 e. The number of carbonyl (C=O) groups is 4. The number of anilines is 1. The Labute approximate surface area is 280 Å². The summed E-state index contributed by atoms with van der Waals surface area (Å²) in [5.74, 6) is -3.77. The van der Waals surface area contributed by atoms with Crippen LogP contribution in [-0.4, -0.2) is 63.1 Å². The van der Waals surface area contributed by atoms with Crippen molar-refractivity contribution in [2.45, 2.75) is 17.5 Å². The smallest absolute Gasteiger partial charge is 0.543 e. The van der Waals surface area contributed by atoms with Crippen molar-refractivity contribution in [2.24, 2.45) is 5.16 Å². The summed E-state index contributed by atoms with van der Waals surface area (Å²) in [7, 11) is 0. The van der Waals surface area contributed by atoms with E-state index in [9.17, 15) is 24.3 Å². The molecule has 1 fully saturated rings. The number of thioether (sulfide) groups is 1. The van der Waals surface area contributed by atoms with Gasteiger partial charge in [0.25, 0.3) is 11.8 Å². The van der Waals surface area contributed by atoms with E-state index < -0.39 is 53.6 Å². The Morgan fingerprint density at radius 1 is 1.14 bits per heavy atom. The summed E-state index contributed by atoms with van der Waals surface area (Å²) in [4.78, 5) is 60.4. The monoisotopic (exact) mass is 649 g/mol. The average molecular weight is 650 g/mol. The number of rotatable bonds is 10. The fourth-order valence-corrected chi connectivity index (χ4v) is 6.38. The third-order valence-corrected chi connectivity index (χ3v) is 8.60. The Kier molecular flexibility index (Phi) is 10.9. The van der Waals surface area contributed by atoms with Gasteiger partial charge in [0.15, 0.2) is 16.9 Å². The number of aromatic nitrogens is 1. The van der Waals surface area contributed by atoms with Crippen LogP contribution in [0.5, 0.6) is 0 Å². The molecule has 216 valence electrons. The molecule has 16 heteroatoms. The fourth-order valence-electron chi connectivity index (χ4n) is 4.28. The zero-order chi connectivity index (χ0) is 29.8. The van der Waals surface area contributed by atoms with Crippen LogP contribution in [0.25, 0.3) is 0 Å². The number of hydrogen-bond donors (Lipinski definition) is 2. The first-order valence-corrected chi connectivity index (χ1v) is 14.6. The standard InChI is InChI=1S/C27H22ClN5O7S2.Na/c28-16-12-41-25-20(24(36)33(25)21(16)26(37)38)31-23(35)19(17-13-42-27(29)30-17)32-39-11-18(34)40-22(14-7-3-1-4-8-14)15-9-5-2-6-10-15;/h1-10,13,20,22,25H,11-12H2,(H2,29,30)(H,31,35)(H,37,38);/q;+1/p-1/t20?,25-;/m0./s1. The average Bonchev–Trinajstić information content (AvgIpc) is 3.42. The van der Waals surface area contributed by atoms with Crippen LogP contribution in [0.4, 0.5) is 5.13 Å². The summed E-state index contributed by atoms with van der Waals surface area (Å²) in [5.41, 5.74) is 6.49. The van der Waals surface area contributed by atoms with E-state index in [1.54, 1.807) is 0 Å². The first-order valence-electron chi connectivity index (χ1n) is 12.3. The van der Waals surface area contributed by atoms with Crippen molar-refractivity contribution in [1.29, 1.82) is 0 Å². The largest absolute Gasteiger partial charge is 1.00 e. The third-order valence-electron chi connectivity index (χ3n) is 6.17. The Balaban J connectivity index is 0.00000423. The van der Waals surface area contributed by atoms with Crippen molar-refractivity contribution in [3.63, 3.8) is 0 Å². The van der Waals surface area contributed by atoms with Crippen LogP contribution in [0.3, 0.4) is 0 Å². The van der Waals surface area contributed by atoms with Gasteiger partial charge in [0.05, 0.1) is 16.7 Å². The Morgan fingerprint density at radius 2 is 1.77 bits per heavy atom. The first kappa shape index (κ1) is 32.5. The number of hydrogen-bond acceptors (Lipinski definition) is 12. The van der Waals surface area contributed by atoms with Gasteiger partial charge in [-0.1, -0.05) is 77.4 Å². The topological polar surface area (TPSA) is 176 Å². The molecular formula is C27H21ClN5NaO7S2.